The van der Waals surface area contributed by atoms with E-state index in [0.717, 1.165) is 0 Å². The molecule has 0 saturated carbocycles. The van der Waals surface area contributed by atoms with E-state index in [-0.39, 0.29) is 11.7 Å². The van der Waals surface area contributed by atoms with Crippen LogP contribution in [0.15, 0.2) is 82.4 Å². The standard InChI is InChI=1S/C23H19BrN2O4/c1-2-29-20-14-16(15-25-26-22(27)17-9-5-3-6-10-17)13-19(24)21(20)30-23(28)18-11-7-4-8-12-18/h3-15H,2H2,1H3,(H,26,27)/b25-15-. The van der Waals surface area contributed by atoms with Crippen molar-refractivity contribution in [3.05, 3.63) is 94.0 Å². The minimum absolute atomic E-state index is 0.274. The topological polar surface area (TPSA) is 77.0 Å². The van der Waals surface area contributed by atoms with Crippen LogP contribution in [-0.2, 0) is 0 Å². The lowest BCUT2D eigenvalue weighted by Crippen LogP contribution is -2.17. The molecule has 0 spiro atoms. The highest BCUT2D eigenvalue weighted by Gasteiger charge is 2.17. The van der Waals surface area contributed by atoms with Gasteiger partial charge in [-0.25, -0.2) is 10.2 Å². The van der Waals surface area contributed by atoms with Gasteiger partial charge in [0.25, 0.3) is 5.91 Å². The average Bonchev–Trinajstić information content (AvgIpc) is 2.77. The summed E-state index contributed by atoms with van der Waals surface area (Å²) in [5, 5.41) is 3.99. The second-order valence-electron chi connectivity index (χ2n) is 6.08. The van der Waals surface area contributed by atoms with Gasteiger partial charge in [0.2, 0.25) is 0 Å². The lowest BCUT2D eigenvalue weighted by Gasteiger charge is -2.13. The van der Waals surface area contributed by atoms with Crippen LogP contribution in [-0.4, -0.2) is 24.7 Å². The number of halogens is 1. The van der Waals surface area contributed by atoms with E-state index in [0.29, 0.717) is 33.5 Å². The summed E-state index contributed by atoms with van der Waals surface area (Å²) in [6.45, 7) is 2.21. The summed E-state index contributed by atoms with van der Waals surface area (Å²) in [6.07, 6.45) is 1.48. The molecule has 0 unspecified atom stereocenters. The zero-order valence-corrected chi connectivity index (χ0v) is 17.8. The summed E-state index contributed by atoms with van der Waals surface area (Å²) < 4.78 is 11.7. The van der Waals surface area contributed by atoms with E-state index in [1.54, 1.807) is 60.7 Å². The third-order valence-corrected chi connectivity index (χ3v) is 4.54. The number of carbonyl (C=O) groups excluding carboxylic acids is 2. The molecule has 6 nitrogen and oxygen atoms in total. The van der Waals surface area contributed by atoms with Crippen molar-refractivity contribution >= 4 is 34.0 Å². The first-order valence-electron chi connectivity index (χ1n) is 9.20. The summed E-state index contributed by atoms with van der Waals surface area (Å²) in [7, 11) is 0. The van der Waals surface area contributed by atoms with Gasteiger partial charge in [-0.2, -0.15) is 5.10 Å². The number of nitrogens with one attached hydrogen (secondary N) is 1. The Morgan fingerprint density at radius 3 is 2.27 bits per heavy atom. The number of amides is 1. The number of esters is 1. The molecule has 0 fully saturated rings. The van der Waals surface area contributed by atoms with Crippen LogP contribution in [0.5, 0.6) is 11.5 Å². The second kappa shape index (κ2) is 10.4. The van der Waals surface area contributed by atoms with Gasteiger partial charge in [0.05, 0.1) is 22.9 Å². The molecule has 1 N–H and O–H groups in total. The Kier molecular flexibility index (Phi) is 7.34. The minimum atomic E-state index is -0.492. The molecule has 3 rings (SSSR count). The third-order valence-electron chi connectivity index (χ3n) is 3.95. The van der Waals surface area contributed by atoms with Gasteiger partial charge in [0, 0.05) is 5.56 Å². The van der Waals surface area contributed by atoms with Gasteiger partial charge in [-0.3, -0.25) is 4.79 Å². The molecule has 0 atom stereocenters. The summed E-state index contributed by atoms with van der Waals surface area (Å²) >= 11 is 3.42. The Labute approximate surface area is 182 Å². The van der Waals surface area contributed by atoms with Gasteiger partial charge in [-0.05, 0) is 64.8 Å². The number of benzene rings is 3. The van der Waals surface area contributed by atoms with Gasteiger partial charge < -0.3 is 9.47 Å². The summed E-state index contributed by atoms with van der Waals surface area (Å²) in [5.41, 5.74) is 4.07. The maximum atomic E-state index is 12.4. The monoisotopic (exact) mass is 466 g/mol. The molecule has 0 saturated heterocycles. The van der Waals surface area contributed by atoms with Crippen molar-refractivity contribution in [2.24, 2.45) is 5.10 Å². The van der Waals surface area contributed by atoms with Crippen molar-refractivity contribution < 1.29 is 19.1 Å². The van der Waals surface area contributed by atoms with Gasteiger partial charge in [0.15, 0.2) is 11.5 Å². The molecule has 0 aliphatic rings. The number of hydrogen-bond donors (Lipinski definition) is 1. The lowest BCUT2D eigenvalue weighted by atomic mass is 10.2. The van der Waals surface area contributed by atoms with Crippen LogP contribution >= 0.6 is 15.9 Å². The van der Waals surface area contributed by atoms with Crippen molar-refractivity contribution in [1.82, 2.24) is 5.43 Å². The maximum Gasteiger partial charge on any atom is 0.343 e. The van der Waals surface area contributed by atoms with Crippen molar-refractivity contribution in [3.8, 4) is 11.5 Å². The lowest BCUT2D eigenvalue weighted by molar-refractivity contribution is 0.0726. The highest BCUT2D eigenvalue weighted by molar-refractivity contribution is 9.10. The third kappa shape index (κ3) is 5.55. The van der Waals surface area contributed by atoms with E-state index in [1.165, 1.54) is 6.21 Å². The molecule has 1 amide bonds. The van der Waals surface area contributed by atoms with Crippen LogP contribution in [0.4, 0.5) is 0 Å². The first-order chi connectivity index (χ1) is 14.6. The van der Waals surface area contributed by atoms with Crippen molar-refractivity contribution in [1.29, 1.82) is 0 Å². The Hall–Kier alpha value is -3.45. The van der Waals surface area contributed by atoms with E-state index in [2.05, 4.69) is 26.5 Å². The van der Waals surface area contributed by atoms with Crippen LogP contribution in [0, 0.1) is 0 Å². The summed E-state index contributed by atoms with van der Waals surface area (Å²) in [4.78, 5) is 24.5. The zero-order chi connectivity index (χ0) is 21.3. The Morgan fingerprint density at radius 2 is 1.63 bits per heavy atom. The molecule has 152 valence electrons. The fourth-order valence-corrected chi connectivity index (χ4v) is 3.11. The van der Waals surface area contributed by atoms with Crippen molar-refractivity contribution in [3.63, 3.8) is 0 Å². The zero-order valence-electron chi connectivity index (χ0n) is 16.2. The predicted octanol–water partition coefficient (Wildman–Crippen LogP) is 4.83. The number of ether oxygens (including phenoxy) is 2. The van der Waals surface area contributed by atoms with E-state index >= 15 is 0 Å². The Bertz CT molecular complexity index is 1050. The number of rotatable bonds is 7. The molecule has 0 heterocycles. The number of hydrogen-bond acceptors (Lipinski definition) is 5. The van der Waals surface area contributed by atoms with Crippen LogP contribution in [0.25, 0.3) is 0 Å². The van der Waals surface area contributed by atoms with Crippen LogP contribution in [0.3, 0.4) is 0 Å². The summed E-state index contributed by atoms with van der Waals surface area (Å²) in [6, 6.07) is 20.9. The van der Waals surface area contributed by atoms with Gasteiger partial charge in [-0.15, -0.1) is 0 Å². The average molecular weight is 467 g/mol. The number of nitrogens with zero attached hydrogens (tertiary/aromatic N) is 1. The molecule has 3 aromatic rings. The van der Waals surface area contributed by atoms with Gasteiger partial charge in [0.1, 0.15) is 0 Å². The maximum absolute atomic E-state index is 12.4. The van der Waals surface area contributed by atoms with E-state index < -0.39 is 5.97 Å². The van der Waals surface area contributed by atoms with Crippen molar-refractivity contribution in [2.45, 2.75) is 6.92 Å². The highest BCUT2D eigenvalue weighted by Crippen LogP contribution is 2.37. The molecule has 7 heteroatoms. The fourth-order valence-electron chi connectivity index (χ4n) is 2.57. The highest BCUT2D eigenvalue weighted by atomic mass is 79.9. The SMILES string of the molecule is CCOc1cc(/C=N\NC(=O)c2ccccc2)cc(Br)c1OC(=O)c1ccccc1. The number of carbonyl (C=O) groups is 2. The largest absolute Gasteiger partial charge is 0.490 e. The quantitative estimate of drug-likeness (QED) is 0.234. The minimum Gasteiger partial charge on any atom is -0.490 e. The molecule has 0 aliphatic carbocycles. The van der Waals surface area contributed by atoms with Crippen LogP contribution in [0.2, 0.25) is 0 Å². The Balaban J connectivity index is 1.77. The smallest absolute Gasteiger partial charge is 0.343 e. The van der Waals surface area contributed by atoms with Gasteiger partial charge >= 0.3 is 5.97 Å². The van der Waals surface area contributed by atoms with Crippen LogP contribution < -0.4 is 14.9 Å². The Morgan fingerprint density at radius 1 is 1.00 bits per heavy atom. The first kappa shape index (κ1) is 21.3. The normalized spacial score (nSPS) is 10.6. The first-order valence-corrected chi connectivity index (χ1v) is 9.99. The van der Waals surface area contributed by atoms with E-state index in [1.807, 2.05) is 19.1 Å². The molecule has 0 aliphatic heterocycles. The molecular formula is C23H19BrN2O4. The molecule has 0 bridgehead atoms. The molecular weight excluding hydrogens is 448 g/mol. The molecule has 0 aromatic heterocycles. The molecule has 30 heavy (non-hydrogen) atoms. The van der Waals surface area contributed by atoms with E-state index in [9.17, 15) is 9.59 Å². The van der Waals surface area contributed by atoms with E-state index in [4.69, 9.17) is 9.47 Å². The fraction of sp³-hybridized carbons (Fsp3) is 0.0870. The van der Waals surface area contributed by atoms with Crippen LogP contribution in [0.1, 0.15) is 33.2 Å². The van der Waals surface area contributed by atoms with Gasteiger partial charge in [-0.1, -0.05) is 36.4 Å². The molecule has 0 radical (unpaired) electrons. The second-order valence-corrected chi connectivity index (χ2v) is 6.94. The predicted molar refractivity (Wildman–Crippen MR) is 118 cm³/mol. The summed E-state index contributed by atoms with van der Waals surface area (Å²) in [5.74, 6) is -0.152. The molecule has 3 aromatic carbocycles. The number of hydrazone groups is 1. The van der Waals surface area contributed by atoms with Crippen molar-refractivity contribution in [2.75, 3.05) is 6.61 Å².